The zero-order chi connectivity index (χ0) is 12.3. The van der Waals surface area contributed by atoms with Crippen LogP contribution in [-0.2, 0) is 9.47 Å². The predicted octanol–water partition coefficient (Wildman–Crippen LogP) is 1.18. The van der Waals surface area contributed by atoms with Gasteiger partial charge in [0.2, 0.25) is 0 Å². The molecule has 17 heavy (non-hydrogen) atoms. The molecular weight excluding hydrogens is 218 g/mol. The van der Waals surface area contributed by atoms with Crippen LogP contribution >= 0.6 is 0 Å². The lowest BCUT2D eigenvalue weighted by Gasteiger charge is -2.23. The van der Waals surface area contributed by atoms with Crippen LogP contribution in [0.4, 0.5) is 0 Å². The van der Waals surface area contributed by atoms with Crippen molar-refractivity contribution >= 4 is 0 Å². The molecule has 1 aliphatic rings. The van der Waals surface area contributed by atoms with Crippen molar-refractivity contribution in [1.82, 2.24) is 5.32 Å². The summed E-state index contributed by atoms with van der Waals surface area (Å²) in [5.74, 6) is 0.706. The minimum absolute atomic E-state index is 0.383. The number of hydrogen-bond acceptors (Lipinski definition) is 4. The molecule has 1 fully saturated rings. The van der Waals surface area contributed by atoms with E-state index in [1.54, 1.807) is 0 Å². The second kappa shape index (κ2) is 9.83. The van der Waals surface area contributed by atoms with Gasteiger partial charge in [0.05, 0.1) is 12.7 Å². The van der Waals surface area contributed by atoms with Gasteiger partial charge in [0.1, 0.15) is 0 Å². The van der Waals surface area contributed by atoms with Gasteiger partial charge in [0, 0.05) is 26.4 Å². The summed E-state index contributed by atoms with van der Waals surface area (Å²) in [4.78, 5) is 0. The SMILES string of the molecule is CCCCOCC(O)CNCC1CCOCC1. The van der Waals surface area contributed by atoms with Crippen LogP contribution in [0.2, 0.25) is 0 Å². The van der Waals surface area contributed by atoms with Crippen molar-refractivity contribution in [3.63, 3.8) is 0 Å². The van der Waals surface area contributed by atoms with Crippen LogP contribution in [0.5, 0.6) is 0 Å². The molecule has 0 spiro atoms. The van der Waals surface area contributed by atoms with Gasteiger partial charge in [-0.05, 0) is 31.7 Å². The predicted molar refractivity (Wildman–Crippen MR) is 68.1 cm³/mol. The average Bonchev–Trinajstić information content (AvgIpc) is 2.36. The molecule has 2 N–H and O–H groups in total. The summed E-state index contributed by atoms with van der Waals surface area (Å²) >= 11 is 0. The highest BCUT2D eigenvalue weighted by molar-refractivity contribution is 4.67. The molecule has 1 rings (SSSR count). The van der Waals surface area contributed by atoms with E-state index >= 15 is 0 Å². The van der Waals surface area contributed by atoms with Crippen LogP contribution in [0.25, 0.3) is 0 Å². The number of aliphatic hydroxyl groups is 1. The van der Waals surface area contributed by atoms with Crippen LogP contribution in [0.3, 0.4) is 0 Å². The number of rotatable bonds is 9. The minimum atomic E-state index is -0.383. The van der Waals surface area contributed by atoms with E-state index in [1.807, 2.05) is 0 Å². The largest absolute Gasteiger partial charge is 0.389 e. The summed E-state index contributed by atoms with van der Waals surface area (Å²) in [6.45, 7) is 6.71. The van der Waals surface area contributed by atoms with Gasteiger partial charge in [-0.25, -0.2) is 0 Å². The van der Waals surface area contributed by atoms with E-state index in [0.717, 1.165) is 52.0 Å². The topological polar surface area (TPSA) is 50.7 Å². The Morgan fingerprint density at radius 3 is 2.88 bits per heavy atom. The number of nitrogens with one attached hydrogen (secondary N) is 1. The van der Waals surface area contributed by atoms with Crippen molar-refractivity contribution < 1.29 is 14.6 Å². The van der Waals surface area contributed by atoms with E-state index in [9.17, 15) is 5.11 Å². The Balaban J connectivity index is 1.90. The fourth-order valence-corrected chi connectivity index (χ4v) is 1.93. The highest BCUT2D eigenvalue weighted by atomic mass is 16.5. The van der Waals surface area contributed by atoms with Gasteiger partial charge >= 0.3 is 0 Å². The highest BCUT2D eigenvalue weighted by Crippen LogP contribution is 2.12. The molecule has 1 heterocycles. The van der Waals surface area contributed by atoms with Gasteiger partial charge in [-0.15, -0.1) is 0 Å². The first kappa shape index (κ1) is 14.9. The minimum Gasteiger partial charge on any atom is -0.389 e. The number of hydrogen-bond donors (Lipinski definition) is 2. The Kier molecular flexibility index (Phi) is 8.61. The molecule has 1 aliphatic heterocycles. The van der Waals surface area contributed by atoms with Gasteiger partial charge in [0.15, 0.2) is 0 Å². The van der Waals surface area contributed by atoms with Crippen LogP contribution in [0.1, 0.15) is 32.6 Å². The molecule has 1 unspecified atom stereocenters. The molecule has 4 heteroatoms. The molecule has 0 bridgehead atoms. The first-order chi connectivity index (χ1) is 8.33. The van der Waals surface area contributed by atoms with E-state index in [2.05, 4.69) is 12.2 Å². The zero-order valence-electron chi connectivity index (χ0n) is 11.0. The van der Waals surface area contributed by atoms with Crippen molar-refractivity contribution in [2.24, 2.45) is 5.92 Å². The third kappa shape index (κ3) is 7.71. The average molecular weight is 245 g/mol. The smallest absolute Gasteiger partial charge is 0.0897 e. The summed E-state index contributed by atoms with van der Waals surface area (Å²) < 4.78 is 10.7. The van der Waals surface area contributed by atoms with E-state index < -0.39 is 0 Å². The molecule has 0 aromatic rings. The van der Waals surface area contributed by atoms with E-state index in [-0.39, 0.29) is 6.10 Å². The van der Waals surface area contributed by atoms with Crippen molar-refractivity contribution in [2.75, 3.05) is 39.5 Å². The summed E-state index contributed by atoms with van der Waals surface area (Å²) in [7, 11) is 0. The second-order valence-electron chi connectivity index (χ2n) is 4.80. The quantitative estimate of drug-likeness (QED) is 0.599. The molecule has 0 aromatic carbocycles. The standard InChI is InChI=1S/C13H27NO3/c1-2-3-6-17-11-13(15)10-14-9-12-4-7-16-8-5-12/h12-15H,2-11H2,1H3. The molecule has 1 saturated heterocycles. The molecule has 0 radical (unpaired) electrons. The molecule has 0 saturated carbocycles. The summed E-state index contributed by atoms with van der Waals surface area (Å²) in [6, 6.07) is 0. The molecule has 4 nitrogen and oxygen atoms in total. The number of unbranched alkanes of at least 4 members (excludes halogenated alkanes) is 1. The lowest BCUT2D eigenvalue weighted by atomic mass is 10.0. The van der Waals surface area contributed by atoms with Gasteiger partial charge < -0.3 is 19.9 Å². The molecule has 0 aromatic heterocycles. The van der Waals surface area contributed by atoms with Gasteiger partial charge in [-0.1, -0.05) is 13.3 Å². The normalized spacial score (nSPS) is 19.4. The summed E-state index contributed by atoms with van der Waals surface area (Å²) in [6.07, 6.45) is 4.10. The Hall–Kier alpha value is -0.160. The molecular formula is C13H27NO3. The van der Waals surface area contributed by atoms with E-state index in [4.69, 9.17) is 9.47 Å². The van der Waals surface area contributed by atoms with Crippen molar-refractivity contribution in [3.8, 4) is 0 Å². The van der Waals surface area contributed by atoms with E-state index in [0.29, 0.717) is 19.1 Å². The first-order valence-electron chi connectivity index (χ1n) is 6.87. The van der Waals surface area contributed by atoms with Crippen LogP contribution < -0.4 is 5.32 Å². The Labute approximate surface area is 105 Å². The molecule has 1 atom stereocenters. The van der Waals surface area contributed by atoms with Crippen LogP contribution in [0.15, 0.2) is 0 Å². The summed E-state index contributed by atoms with van der Waals surface area (Å²) in [5, 5.41) is 13.0. The monoisotopic (exact) mass is 245 g/mol. The highest BCUT2D eigenvalue weighted by Gasteiger charge is 2.13. The van der Waals surface area contributed by atoms with Gasteiger partial charge in [-0.3, -0.25) is 0 Å². The number of ether oxygens (including phenoxy) is 2. The zero-order valence-corrected chi connectivity index (χ0v) is 11.0. The maximum atomic E-state index is 9.67. The lowest BCUT2D eigenvalue weighted by molar-refractivity contribution is 0.0330. The molecule has 0 aliphatic carbocycles. The third-order valence-corrected chi connectivity index (χ3v) is 3.11. The third-order valence-electron chi connectivity index (χ3n) is 3.11. The van der Waals surface area contributed by atoms with Crippen LogP contribution in [-0.4, -0.2) is 50.7 Å². The van der Waals surface area contributed by atoms with Crippen molar-refractivity contribution in [3.05, 3.63) is 0 Å². The van der Waals surface area contributed by atoms with Crippen LogP contribution in [0, 0.1) is 5.92 Å². The second-order valence-corrected chi connectivity index (χ2v) is 4.80. The fraction of sp³-hybridized carbons (Fsp3) is 1.00. The van der Waals surface area contributed by atoms with Crippen molar-refractivity contribution in [1.29, 1.82) is 0 Å². The Bertz CT molecular complexity index is 172. The first-order valence-corrected chi connectivity index (χ1v) is 6.87. The molecule has 0 amide bonds. The van der Waals surface area contributed by atoms with E-state index in [1.165, 1.54) is 0 Å². The summed E-state index contributed by atoms with van der Waals surface area (Å²) in [5.41, 5.74) is 0. The van der Waals surface area contributed by atoms with Gasteiger partial charge in [-0.2, -0.15) is 0 Å². The fourth-order valence-electron chi connectivity index (χ4n) is 1.93. The number of aliphatic hydroxyl groups excluding tert-OH is 1. The Morgan fingerprint density at radius 2 is 2.18 bits per heavy atom. The molecule has 102 valence electrons. The van der Waals surface area contributed by atoms with Crippen molar-refractivity contribution in [2.45, 2.75) is 38.7 Å². The maximum absolute atomic E-state index is 9.67. The lowest BCUT2D eigenvalue weighted by Crippen LogP contribution is -2.35. The Morgan fingerprint density at radius 1 is 1.41 bits per heavy atom. The maximum Gasteiger partial charge on any atom is 0.0897 e. The van der Waals surface area contributed by atoms with Gasteiger partial charge in [0.25, 0.3) is 0 Å².